The molecule has 0 rings (SSSR count). The Labute approximate surface area is 120 Å². The number of ether oxygens (including phenoxy) is 1. The van der Waals surface area contributed by atoms with Crippen molar-refractivity contribution in [3.05, 3.63) is 0 Å². The topological polar surface area (TPSA) is 35.9 Å². The molecule has 0 radical (unpaired) electrons. The summed E-state index contributed by atoms with van der Waals surface area (Å²) >= 11 is 0. The monoisotopic (exact) mass is 276 g/mol. The summed E-state index contributed by atoms with van der Waals surface area (Å²) in [4.78, 5) is 2.34. The molecule has 0 heterocycles. The average Bonchev–Trinajstić information content (AvgIpc) is 2.40. The van der Waals surface area contributed by atoms with Gasteiger partial charge in [0.2, 0.25) is 0 Å². The lowest BCUT2D eigenvalue weighted by molar-refractivity contribution is -0.201. The minimum Gasteiger partial charge on any atom is -0.383 e. The van der Waals surface area contributed by atoms with Crippen molar-refractivity contribution in [2.45, 2.75) is 66.5 Å². The zero-order chi connectivity index (χ0) is 15.7. The number of methoxy groups -OCH3 is 1. The van der Waals surface area contributed by atoms with Crippen molar-refractivity contribution < 1.29 is 9.94 Å². The largest absolute Gasteiger partial charge is 0.383 e. The fourth-order valence-electron chi connectivity index (χ4n) is 2.13. The lowest BCUT2D eigenvalue weighted by atomic mass is 9.80. The Balaban J connectivity index is 0. The van der Waals surface area contributed by atoms with Gasteiger partial charge in [-0.05, 0) is 34.2 Å². The maximum Gasteiger partial charge on any atom is 0.0589 e. The van der Waals surface area contributed by atoms with Crippen LogP contribution in [0.4, 0.5) is 0 Å². The molecule has 4 heteroatoms. The molecule has 118 valence electrons. The van der Waals surface area contributed by atoms with Crippen molar-refractivity contribution in [3.8, 4) is 0 Å². The molecular formula is C15H36N2O2. The summed E-state index contributed by atoms with van der Waals surface area (Å²) in [5, 5.41) is 11.5. The molecule has 19 heavy (non-hydrogen) atoms. The number of hydrogen-bond donors (Lipinski definition) is 1. The van der Waals surface area contributed by atoms with Gasteiger partial charge >= 0.3 is 0 Å². The molecule has 0 saturated heterocycles. The van der Waals surface area contributed by atoms with Crippen molar-refractivity contribution in [1.82, 2.24) is 9.96 Å². The Hall–Kier alpha value is -0.160. The first kappa shape index (κ1) is 21.1. The molecule has 0 aromatic heterocycles. The van der Waals surface area contributed by atoms with Gasteiger partial charge in [0.25, 0.3) is 0 Å². The number of rotatable bonds is 8. The molecule has 0 amide bonds. The van der Waals surface area contributed by atoms with Crippen molar-refractivity contribution in [2.75, 3.05) is 33.4 Å². The first-order valence-corrected chi connectivity index (χ1v) is 7.46. The number of likely N-dealkylation sites (N-methyl/N-ethyl adjacent to an activating group) is 2. The Kier molecular flexibility index (Phi) is 10.8. The summed E-state index contributed by atoms with van der Waals surface area (Å²) in [5.41, 5.74) is -0.448. The van der Waals surface area contributed by atoms with E-state index in [1.807, 2.05) is 20.8 Å². The third-order valence-electron chi connectivity index (χ3n) is 4.18. The van der Waals surface area contributed by atoms with Gasteiger partial charge < -0.3 is 9.94 Å². The second kappa shape index (κ2) is 9.70. The lowest BCUT2D eigenvalue weighted by Crippen LogP contribution is -2.65. The van der Waals surface area contributed by atoms with E-state index >= 15 is 0 Å². The van der Waals surface area contributed by atoms with Crippen LogP contribution in [0.5, 0.6) is 0 Å². The predicted octanol–water partition coefficient (Wildman–Crippen LogP) is 3.25. The summed E-state index contributed by atoms with van der Waals surface area (Å²) in [5.74, 6) is 0. The van der Waals surface area contributed by atoms with Crippen molar-refractivity contribution in [1.29, 1.82) is 0 Å². The molecule has 0 aromatic carbocycles. The molecule has 0 unspecified atom stereocenters. The van der Waals surface area contributed by atoms with Crippen molar-refractivity contribution >= 4 is 0 Å². The van der Waals surface area contributed by atoms with Crippen LogP contribution in [-0.2, 0) is 4.74 Å². The summed E-state index contributed by atoms with van der Waals surface area (Å²) in [6.45, 7) is 19.7. The van der Waals surface area contributed by atoms with E-state index in [9.17, 15) is 5.21 Å². The van der Waals surface area contributed by atoms with E-state index in [0.29, 0.717) is 13.2 Å². The second-order valence-corrected chi connectivity index (χ2v) is 5.41. The van der Waals surface area contributed by atoms with Crippen LogP contribution >= 0.6 is 0 Å². The standard InChI is InChI=1S/C13H30N2O2.C2H6/c1-8-14(10-11-17-7)12(3,4)13(5,6)15(16)9-2;1-2/h16H,8-11H2,1-7H3;1-2H3. The van der Waals surface area contributed by atoms with Gasteiger partial charge in [0.05, 0.1) is 12.1 Å². The first-order chi connectivity index (χ1) is 8.75. The van der Waals surface area contributed by atoms with Crippen molar-refractivity contribution in [3.63, 3.8) is 0 Å². The molecule has 0 aliphatic carbocycles. The third-order valence-corrected chi connectivity index (χ3v) is 4.18. The van der Waals surface area contributed by atoms with Crippen LogP contribution in [0.3, 0.4) is 0 Å². The highest BCUT2D eigenvalue weighted by atomic mass is 16.5. The van der Waals surface area contributed by atoms with Crippen LogP contribution in [-0.4, -0.2) is 59.6 Å². The minimum absolute atomic E-state index is 0.134. The van der Waals surface area contributed by atoms with Crippen LogP contribution in [0.2, 0.25) is 0 Å². The molecule has 1 N–H and O–H groups in total. The molecule has 0 aliphatic heterocycles. The number of hydrogen-bond acceptors (Lipinski definition) is 4. The van der Waals surface area contributed by atoms with Gasteiger partial charge in [-0.2, -0.15) is 5.06 Å². The van der Waals surface area contributed by atoms with Crippen molar-refractivity contribution in [2.24, 2.45) is 0 Å². The molecule has 0 spiro atoms. The third kappa shape index (κ3) is 5.38. The highest BCUT2D eigenvalue weighted by molar-refractivity contribution is 5.00. The fourth-order valence-corrected chi connectivity index (χ4v) is 2.13. The van der Waals surface area contributed by atoms with E-state index in [-0.39, 0.29) is 11.1 Å². The van der Waals surface area contributed by atoms with Crippen LogP contribution in [0.1, 0.15) is 55.4 Å². The first-order valence-electron chi connectivity index (χ1n) is 7.46. The maximum atomic E-state index is 10.1. The Morgan fingerprint density at radius 3 is 1.74 bits per heavy atom. The van der Waals surface area contributed by atoms with E-state index in [1.54, 1.807) is 7.11 Å². The highest BCUT2D eigenvalue weighted by Crippen LogP contribution is 2.32. The molecular weight excluding hydrogens is 240 g/mol. The fraction of sp³-hybridized carbons (Fsp3) is 1.00. The lowest BCUT2D eigenvalue weighted by Gasteiger charge is -2.51. The molecule has 0 fully saturated rings. The summed E-state index contributed by atoms with van der Waals surface area (Å²) in [6, 6.07) is 0. The van der Waals surface area contributed by atoms with Crippen LogP contribution in [0, 0.1) is 0 Å². The normalized spacial score (nSPS) is 12.6. The smallest absolute Gasteiger partial charge is 0.0589 e. The molecule has 4 nitrogen and oxygen atoms in total. The molecule has 0 aliphatic rings. The van der Waals surface area contributed by atoms with E-state index in [1.165, 1.54) is 5.06 Å². The van der Waals surface area contributed by atoms with E-state index in [2.05, 4.69) is 39.5 Å². The van der Waals surface area contributed by atoms with Gasteiger partial charge in [0, 0.05) is 25.7 Å². The zero-order valence-electron chi connectivity index (χ0n) is 14.6. The SMILES string of the molecule is CC.CCN(O)C(C)(C)C(C)(C)N(CC)CCOC. The number of hydroxylamine groups is 2. The van der Waals surface area contributed by atoms with E-state index in [0.717, 1.165) is 13.1 Å². The quantitative estimate of drug-likeness (QED) is 0.690. The molecule has 0 saturated carbocycles. The molecule has 0 atom stereocenters. The predicted molar refractivity (Wildman–Crippen MR) is 82.8 cm³/mol. The average molecular weight is 276 g/mol. The minimum atomic E-state index is -0.314. The molecule has 0 bridgehead atoms. The van der Waals surface area contributed by atoms with E-state index in [4.69, 9.17) is 4.74 Å². The van der Waals surface area contributed by atoms with Crippen LogP contribution < -0.4 is 0 Å². The van der Waals surface area contributed by atoms with Crippen LogP contribution in [0.25, 0.3) is 0 Å². The van der Waals surface area contributed by atoms with Crippen LogP contribution in [0.15, 0.2) is 0 Å². The summed E-state index contributed by atoms with van der Waals surface area (Å²) < 4.78 is 5.15. The number of nitrogens with zero attached hydrogens (tertiary/aromatic N) is 2. The second-order valence-electron chi connectivity index (χ2n) is 5.41. The Bertz CT molecular complexity index is 218. The van der Waals surface area contributed by atoms with Gasteiger partial charge in [0.1, 0.15) is 0 Å². The molecule has 0 aromatic rings. The highest BCUT2D eigenvalue weighted by Gasteiger charge is 2.44. The Morgan fingerprint density at radius 2 is 1.42 bits per heavy atom. The van der Waals surface area contributed by atoms with Gasteiger partial charge in [0.15, 0.2) is 0 Å². The van der Waals surface area contributed by atoms with Gasteiger partial charge in [-0.3, -0.25) is 4.90 Å². The Morgan fingerprint density at radius 1 is 0.947 bits per heavy atom. The summed E-state index contributed by atoms with van der Waals surface area (Å²) in [7, 11) is 1.72. The summed E-state index contributed by atoms with van der Waals surface area (Å²) in [6.07, 6.45) is 0. The maximum absolute atomic E-state index is 10.1. The van der Waals surface area contributed by atoms with Gasteiger partial charge in [-0.15, -0.1) is 0 Å². The van der Waals surface area contributed by atoms with E-state index < -0.39 is 0 Å². The van der Waals surface area contributed by atoms with Gasteiger partial charge in [-0.25, -0.2) is 0 Å². The van der Waals surface area contributed by atoms with Gasteiger partial charge in [-0.1, -0.05) is 27.7 Å². The zero-order valence-corrected chi connectivity index (χ0v) is 14.6.